The van der Waals surface area contributed by atoms with E-state index in [1.54, 1.807) is 10.8 Å². The van der Waals surface area contributed by atoms with E-state index in [2.05, 4.69) is 6.07 Å². The Balaban J connectivity index is 2.20. The maximum atomic E-state index is 11.3. The fraction of sp³-hybridized carbons (Fsp3) is 0.250. The van der Waals surface area contributed by atoms with E-state index in [1.807, 2.05) is 25.1 Å². The molecule has 104 valence electrons. The van der Waals surface area contributed by atoms with Crippen LogP contribution in [0.4, 0.5) is 0 Å². The van der Waals surface area contributed by atoms with Crippen molar-refractivity contribution in [1.29, 1.82) is 0 Å². The van der Waals surface area contributed by atoms with E-state index in [0.717, 1.165) is 12.0 Å². The van der Waals surface area contributed by atoms with Crippen molar-refractivity contribution >= 4 is 11.8 Å². The van der Waals surface area contributed by atoms with E-state index in [0.29, 0.717) is 12.1 Å². The lowest BCUT2D eigenvalue weighted by molar-refractivity contribution is 0.0685. The second kappa shape index (κ2) is 5.74. The fourth-order valence-corrected chi connectivity index (χ4v) is 2.18. The number of carboxylic acids is 1. The number of aryl methyl sites for hydroxylation is 3. The summed E-state index contributed by atoms with van der Waals surface area (Å²) >= 11 is 0. The average Bonchev–Trinajstić information content (AvgIpc) is 2.81. The first-order valence-corrected chi connectivity index (χ1v) is 6.47. The third-order valence-corrected chi connectivity index (χ3v) is 3.25. The quantitative estimate of drug-likeness (QED) is 0.850. The van der Waals surface area contributed by atoms with Gasteiger partial charge in [0.05, 0.1) is 0 Å². The predicted molar refractivity (Wildman–Crippen MR) is 76.3 cm³/mol. The normalized spacial score (nSPS) is 10.5. The van der Waals surface area contributed by atoms with E-state index in [1.165, 1.54) is 18.6 Å². The van der Waals surface area contributed by atoms with Gasteiger partial charge in [0.25, 0.3) is 0 Å². The predicted octanol–water partition coefficient (Wildman–Crippen LogP) is 2.94. The Bertz CT molecular complexity index is 655. The molecule has 1 N–H and O–H groups in total. The average molecular weight is 271 g/mol. The third kappa shape index (κ3) is 3.15. The van der Waals surface area contributed by atoms with Gasteiger partial charge in [-0.3, -0.25) is 4.79 Å². The Labute approximate surface area is 117 Å². The number of hydrogen-bond donors (Lipinski definition) is 1. The Morgan fingerprint density at radius 1 is 1.25 bits per heavy atom. The van der Waals surface area contributed by atoms with Crippen LogP contribution in [0.5, 0.6) is 0 Å². The van der Waals surface area contributed by atoms with Crippen molar-refractivity contribution in [2.45, 2.75) is 26.8 Å². The molecule has 0 aliphatic rings. The number of hydrogen-bond acceptors (Lipinski definition) is 2. The van der Waals surface area contributed by atoms with Crippen LogP contribution in [0.3, 0.4) is 0 Å². The number of ketones is 1. The van der Waals surface area contributed by atoms with E-state index in [4.69, 9.17) is 5.11 Å². The highest BCUT2D eigenvalue weighted by Gasteiger charge is 2.14. The summed E-state index contributed by atoms with van der Waals surface area (Å²) in [7, 11) is 0. The van der Waals surface area contributed by atoms with Gasteiger partial charge in [0.15, 0.2) is 5.78 Å². The third-order valence-electron chi connectivity index (χ3n) is 3.25. The van der Waals surface area contributed by atoms with Gasteiger partial charge >= 0.3 is 5.97 Å². The molecule has 0 saturated carbocycles. The van der Waals surface area contributed by atoms with Gasteiger partial charge in [-0.05, 0) is 31.9 Å². The number of nitrogens with zero attached hydrogens (tertiary/aromatic N) is 1. The van der Waals surface area contributed by atoms with E-state index in [9.17, 15) is 9.59 Å². The van der Waals surface area contributed by atoms with Gasteiger partial charge in [0.1, 0.15) is 5.69 Å². The Kier molecular flexibility index (Phi) is 4.03. The highest BCUT2D eigenvalue weighted by molar-refractivity contribution is 5.97. The van der Waals surface area contributed by atoms with Crippen LogP contribution in [0.1, 0.15) is 38.9 Å². The Hall–Kier alpha value is -2.36. The molecule has 1 aromatic carbocycles. The Morgan fingerprint density at radius 3 is 2.60 bits per heavy atom. The van der Waals surface area contributed by atoms with Gasteiger partial charge in [-0.2, -0.15) is 0 Å². The van der Waals surface area contributed by atoms with Crippen LogP contribution in [-0.4, -0.2) is 21.4 Å². The molecule has 2 aromatic rings. The summed E-state index contributed by atoms with van der Waals surface area (Å²) in [4.78, 5) is 22.5. The molecule has 1 heterocycles. The van der Waals surface area contributed by atoms with Crippen molar-refractivity contribution < 1.29 is 14.7 Å². The van der Waals surface area contributed by atoms with E-state index < -0.39 is 5.97 Å². The van der Waals surface area contributed by atoms with Crippen LogP contribution in [0.15, 0.2) is 36.5 Å². The lowest BCUT2D eigenvalue weighted by Gasteiger charge is -2.07. The summed E-state index contributed by atoms with van der Waals surface area (Å²) in [6.07, 6.45) is 2.34. The molecule has 2 rings (SSSR count). The molecule has 4 heteroatoms. The second-order valence-corrected chi connectivity index (χ2v) is 4.91. The largest absolute Gasteiger partial charge is 0.477 e. The molecule has 0 saturated heterocycles. The van der Waals surface area contributed by atoms with Crippen LogP contribution >= 0.6 is 0 Å². The van der Waals surface area contributed by atoms with Gasteiger partial charge in [0.2, 0.25) is 0 Å². The van der Waals surface area contributed by atoms with Crippen molar-refractivity contribution in [1.82, 2.24) is 4.57 Å². The standard InChI is InChI=1S/C16H17NO3/c1-11-4-3-5-13(8-11)6-7-17-10-14(12(2)18)9-15(17)16(19)20/h3-5,8-10H,6-7H2,1-2H3,(H,19,20). The van der Waals surface area contributed by atoms with Gasteiger partial charge in [-0.1, -0.05) is 29.8 Å². The zero-order chi connectivity index (χ0) is 14.7. The summed E-state index contributed by atoms with van der Waals surface area (Å²) in [6, 6.07) is 9.54. The minimum absolute atomic E-state index is 0.123. The lowest BCUT2D eigenvalue weighted by atomic mass is 10.1. The first kappa shape index (κ1) is 14.1. The lowest BCUT2D eigenvalue weighted by Crippen LogP contribution is -2.09. The number of benzene rings is 1. The first-order chi connectivity index (χ1) is 9.47. The number of carbonyl (C=O) groups is 2. The summed E-state index contributed by atoms with van der Waals surface area (Å²) in [5.41, 5.74) is 2.92. The molecular weight excluding hydrogens is 254 g/mol. The number of Topliss-reactive ketones (excluding diaryl/α,β-unsaturated/α-hetero) is 1. The summed E-state index contributed by atoms with van der Waals surface area (Å²) in [6.45, 7) is 4.00. The molecule has 0 amide bonds. The number of aromatic nitrogens is 1. The van der Waals surface area contributed by atoms with Crippen molar-refractivity contribution in [3.63, 3.8) is 0 Å². The number of carboxylic acid groups (broad SMARTS) is 1. The topological polar surface area (TPSA) is 59.3 Å². The fourth-order valence-electron chi connectivity index (χ4n) is 2.18. The maximum absolute atomic E-state index is 11.3. The van der Waals surface area contributed by atoms with E-state index in [-0.39, 0.29) is 11.5 Å². The second-order valence-electron chi connectivity index (χ2n) is 4.91. The molecule has 0 aliphatic heterocycles. The van der Waals surface area contributed by atoms with Gasteiger partial charge in [-0.25, -0.2) is 4.79 Å². The molecular formula is C16H17NO3. The van der Waals surface area contributed by atoms with Gasteiger partial charge < -0.3 is 9.67 Å². The van der Waals surface area contributed by atoms with Gasteiger partial charge in [-0.15, -0.1) is 0 Å². The Morgan fingerprint density at radius 2 is 2.00 bits per heavy atom. The van der Waals surface area contributed by atoms with Crippen LogP contribution in [0, 0.1) is 6.92 Å². The van der Waals surface area contributed by atoms with Gasteiger partial charge in [0, 0.05) is 18.3 Å². The highest BCUT2D eigenvalue weighted by atomic mass is 16.4. The molecule has 20 heavy (non-hydrogen) atoms. The maximum Gasteiger partial charge on any atom is 0.352 e. The van der Waals surface area contributed by atoms with Crippen LogP contribution in [-0.2, 0) is 13.0 Å². The number of rotatable bonds is 5. The zero-order valence-corrected chi connectivity index (χ0v) is 11.6. The summed E-state index contributed by atoms with van der Waals surface area (Å²) in [5.74, 6) is -1.14. The van der Waals surface area contributed by atoms with Crippen LogP contribution in [0.25, 0.3) is 0 Å². The van der Waals surface area contributed by atoms with Crippen LogP contribution in [0.2, 0.25) is 0 Å². The summed E-state index contributed by atoms with van der Waals surface area (Å²) in [5, 5.41) is 9.17. The van der Waals surface area contributed by atoms with E-state index >= 15 is 0 Å². The van der Waals surface area contributed by atoms with Crippen molar-refractivity contribution in [2.24, 2.45) is 0 Å². The minimum Gasteiger partial charge on any atom is -0.477 e. The van der Waals surface area contributed by atoms with Crippen molar-refractivity contribution in [3.05, 3.63) is 58.9 Å². The monoisotopic (exact) mass is 271 g/mol. The minimum atomic E-state index is -1.01. The smallest absolute Gasteiger partial charge is 0.352 e. The molecule has 0 fully saturated rings. The molecule has 0 spiro atoms. The number of aromatic carboxylic acids is 1. The molecule has 1 aromatic heterocycles. The molecule has 4 nitrogen and oxygen atoms in total. The molecule has 0 atom stereocenters. The van der Waals surface area contributed by atoms with Crippen molar-refractivity contribution in [2.75, 3.05) is 0 Å². The van der Waals surface area contributed by atoms with Crippen LogP contribution < -0.4 is 0 Å². The molecule has 0 unspecified atom stereocenters. The first-order valence-electron chi connectivity index (χ1n) is 6.47. The molecule has 0 radical (unpaired) electrons. The summed E-state index contributed by atoms with van der Waals surface area (Å²) < 4.78 is 1.63. The SMILES string of the molecule is CC(=O)c1cc(C(=O)O)n(CCc2cccc(C)c2)c1. The number of carbonyl (C=O) groups excluding carboxylic acids is 1. The molecule has 0 aliphatic carbocycles. The molecule has 0 bridgehead atoms. The van der Waals surface area contributed by atoms with Crippen molar-refractivity contribution in [3.8, 4) is 0 Å². The highest BCUT2D eigenvalue weighted by Crippen LogP contribution is 2.12. The zero-order valence-electron chi connectivity index (χ0n) is 11.6.